The topological polar surface area (TPSA) is 91.5 Å². The molecule has 0 saturated heterocycles. The fraction of sp³-hybridized carbons (Fsp3) is 0.375. The molecule has 1 aromatic rings. The van der Waals surface area contributed by atoms with Gasteiger partial charge in [0.25, 0.3) is 0 Å². The molecule has 0 unspecified atom stereocenters. The van der Waals surface area contributed by atoms with E-state index in [4.69, 9.17) is 14.6 Å². The monoisotopic (exact) mass is 232 g/mol. The molecule has 0 amide bonds. The molecule has 0 radical (unpaired) electrons. The fourth-order valence-electron chi connectivity index (χ4n) is 1.09. The number of methoxy groups -OCH3 is 2. The predicted octanol–water partition coefficient (Wildman–Crippen LogP) is -0.113. The zero-order valence-electron chi connectivity index (χ0n) is 8.43. The Bertz CT molecular complexity index is 444. The number of rotatable bonds is 4. The Labute approximate surface area is 88.1 Å². The molecule has 0 fully saturated rings. The van der Waals surface area contributed by atoms with Gasteiger partial charge in [0.2, 0.25) is 15.9 Å². The van der Waals surface area contributed by atoms with Crippen LogP contribution in [-0.2, 0) is 15.8 Å². The van der Waals surface area contributed by atoms with Gasteiger partial charge in [0.15, 0.2) is 0 Å². The van der Waals surface area contributed by atoms with E-state index in [1.165, 1.54) is 26.5 Å². The first-order valence-corrected chi connectivity index (χ1v) is 5.75. The first-order valence-electron chi connectivity index (χ1n) is 4.03. The molecule has 0 spiro atoms. The Kier molecular flexibility index (Phi) is 3.48. The lowest BCUT2D eigenvalue weighted by molar-refractivity contribution is 0.385. The van der Waals surface area contributed by atoms with Gasteiger partial charge < -0.3 is 9.47 Å². The van der Waals surface area contributed by atoms with Crippen molar-refractivity contribution in [2.75, 3.05) is 14.2 Å². The van der Waals surface area contributed by atoms with Crippen LogP contribution in [0.4, 0.5) is 0 Å². The van der Waals surface area contributed by atoms with Crippen LogP contribution in [0.15, 0.2) is 12.3 Å². The van der Waals surface area contributed by atoms with Crippen molar-refractivity contribution >= 4 is 10.0 Å². The number of nitrogens with two attached hydrogens (primary N) is 1. The van der Waals surface area contributed by atoms with Gasteiger partial charge in [0.1, 0.15) is 5.75 Å². The number of ether oxygens (including phenoxy) is 2. The largest absolute Gasteiger partial charge is 0.495 e. The summed E-state index contributed by atoms with van der Waals surface area (Å²) in [5.74, 6) is 0.369. The first-order chi connectivity index (χ1) is 6.96. The normalized spacial score (nSPS) is 11.1. The molecule has 0 aromatic carbocycles. The lowest BCUT2D eigenvalue weighted by Gasteiger charge is -2.08. The number of hydrogen-bond donors (Lipinski definition) is 1. The second-order valence-corrected chi connectivity index (χ2v) is 4.46. The van der Waals surface area contributed by atoms with Crippen LogP contribution in [0.25, 0.3) is 0 Å². The number of pyridine rings is 1. The SMILES string of the molecule is COc1cc(CS(N)(=O)=O)c(OC)cn1. The van der Waals surface area contributed by atoms with Crippen LogP contribution in [0.2, 0.25) is 0 Å². The van der Waals surface area contributed by atoms with Crippen LogP contribution >= 0.6 is 0 Å². The molecule has 1 heterocycles. The zero-order chi connectivity index (χ0) is 11.5. The highest BCUT2D eigenvalue weighted by Gasteiger charge is 2.12. The molecule has 7 heteroatoms. The van der Waals surface area contributed by atoms with E-state index in [1.807, 2.05) is 0 Å². The molecule has 0 aliphatic rings. The number of primary sulfonamides is 1. The summed E-state index contributed by atoms with van der Waals surface area (Å²) in [6.07, 6.45) is 1.39. The van der Waals surface area contributed by atoms with Crippen LogP contribution in [0, 0.1) is 0 Å². The summed E-state index contributed by atoms with van der Waals surface area (Å²) in [5.41, 5.74) is 0.423. The van der Waals surface area contributed by atoms with E-state index in [1.54, 1.807) is 0 Å². The average molecular weight is 232 g/mol. The van der Waals surface area contributed by atoms with Crippen LogP contribution in [-0.4, -0.2) is 27.6 Å². The van der Waals surface area contributed by atoms with Crippen LogP contribution in [0.3, 0.4) is 0 Å². The smallest absolute Gasteiger partial charge is 0.213 e. The van der Waals surface area contributed by atoms with Crippen LogP contribution in [0.1, 0.15) is 5.56 Å². The maximum absolute atomic E-state index is 10.9. The highest BCUT2D eigenvalue weighted by atomic mass is 32.2. The van der Waals surface area contributed by atoms with Crippen molar-refractivity contribution in [1.82, 2.24) is 4.98 Å². The maximum atomic E-state index is 10.9. The maximum Gasteiger partial charge on any atom is 0.213 e. The quantitative estimate of drug-likeness (QED) is 0.781. The predicted molar refractivity (Wildman–Crippen MR) is 54.2 cm³/mol. The van der Waals surface area contributed by atoms with Gasteiger partial charge in [-0.2, -0.15) is 0 Å². The van der Waals surface area contributed by atoms with Gasteiger partial charge in [0.05, 0.1) is 26.2 Å². The molecule has 0 aliphatic heterocycles. The molecule has 0 bridgehead atoms. The van der Waals surface area contributed by atoms with Crippen molar-refractivity contribution in [3.8, 4) is 11.6 Å². The highest BCUT2D eigenvalue weighted by molar-refractivity contribution is 7.88. The van der Waals surface area contributed by atoms with Crippen molar-refractivity contribution in [1.29, 1.82) is 0 Å². The third-order valence-electron chi connectivity index (χ3n) is 1.71. The third kappa shape index (κ3) is 3.37. The van der Waals surface area contributed by atoms with Gasteiger partial charge in [-0.1, -0.05) is 0 Å². The molecule has 1 rings (SSSR count). The molecule has 84 valence electrons. The Hall–Kier alpha value is -1.34. The fourth-order valence-corrected chi connectivity index (χ4v) is 1.75. The minimum Gasteiger partial charge on any atom is -0.495 e. The van der Waals surface area contributed by atoms with Crippen LogP contribution in [0.5, 0.6) is 11.6 Å². The highest BCUT2D eigenvalue weighted by Crippen LogP contribution is 2.22. The van der Waals surface area contributed by atoms with Gasteiger partial charge >= 0.3 is 0 Å². The van der Waals surface area contributed by atoms with E-state index in [2.05, 4.69) is 4.98 Å². The molecule has 2 N–H and O–H groups in total. The Balaban J connectivity index is 3.12. The number of sulfonamides is 1. The third-order valence-corrected chi connectivity index (χ3v) is 2.42. The average Bonchev–Trinajstić information content (AvgIpc) is 2.15. The number of nitrogens with zero attached hydrogens (tertiary/aromatic N) is 1. The summed E-state index contributed by atoms with van der Waals surface area (Å²) >= 11 is 0. The van der Waals surface area contributed by atoms with Crippen molar-refractivity contribution in [2.24, 2.45) is 5.14 Å². The number of hydrogen-bond acceptors (Lipinski definition) is 5. The Morgan fingerprint density at radius 2 is 2.07 bits per heavy atom. The van der Waals surface area contributed by atoms with Crippen molar-refractivity contribution in [3.63, 3.8) is 0 Å². The Morgan fingerprint density at radius 3 is 2.53 bits per heavy atom. The van der Waals surface area contributed by atoms with Crippen molar-refractivity contribution < 1.29 is 17.9 Å². The van der Waals surface area contributed by atoms with E-state index in [-0.39, 0.29) is 5.75 Å². The van der Waals surface area contributed by atoms with E-state index < -0.39 is 10.0 Å². The molecule has 6 nitrogen and oxygen atoms in total. The minimum absolute atomic E-state index is 0.310. The standard InChI is InChI=1S/C8H12N2O4S/c1-13-7-4-10-8(14-2)3-6(7)5-15(9,11)12/h3-4H,5H2,1-2H3,(H2,9,11,12). The second-order valence-electron chi connectivity index (χ2n) is 2.85. The lowest BCUT2D eigenvalue weighted by Crippen LogP contribution is -2.15. The summed E-state index contributed by atoms with van der Waals surface area (Å²) in [4.78, 5) is 3.88. The summed E-state index contributed by atoms with van der Waals surface area (Å²) in [6.45, 7) is 0. The molecule has 0 aliphatic carbocycles. The number of aromatic nitrogens is 1. The van der Waals surface area contributed by atoms with Gasteiger partial charge in [-0.25, -0.2) is 18.5 Å². The Morgan fingerprint density at radius 1 is 1.40 bits per heavy atom. The van der Waals surface area contributed by atoms with E-state index in [9.17, 15) is 8.42 Å². The minimum atomic E-state index is -3.60. The summed E-state index contributed by atoms with van der Waals surface area (Å²) in [7, 11) is -0.731. The van der Waals surface area contributed by atoms with Gasteiger partial charge in [0, 0.05) is 11.6 Å². The van der Waals surface area contributed by atoms with E-state index in [0.717, 1.165) is 0 Å². The molecule has 0 atom stereocenters. The molecule has 1 aromatic heterocycles. The van der Waals surface area contributed by atoms with Crippen LogP contribution < -0.4 is 14.6 Å². The summed E-state index contributed by atoms with van der Waals surface area (Å²) < 4.78 is 31.7. The van der Waals surface area contributed by atoms with Gasteiger partial charge in [-0.15, -0.1) is 0 Å². The van der Waals surface area contributed by atoms with Gasteiger partial charge in [-0.3, -0.25) is 0 Å². The summed E-state index contributed by atoms with van der Waals surface area (Å²) in [6, 6.07) is 1.48. The first kappa shape index (κ1) is 11.7. The molecule has 15 heavy (non-hydrogen) atoms. The molecular formula is C8H12N2O4S. The van der Waals surface area contributed by atoms with Gasteiger partial charge in [-0.05, 0) is 0 Å². The zero-order valence-corrected chi connectivity index (χ0v) is 9.24. The second kappa shape index (κ2) is 4.45. The summed E-state index contributed by atoms with van der Waals surface area (Å²) in [5, 5.41) is 4.94. The lowest BCUT2D eigenvalue weighted by atomic mass is 10.3. The molecular weight excluding hydrogens is 220 g/mol. The van der Waals surface area contributed by atoms with Crippen molar-refractivity contribution in [2.45, 2.75) is 5.75 Å². The van der Waals surface area contributed by atoms with E-state index >= 15 is 0 Å². The van der Waals surface area contributed by atoms with Crippen molar-refractivity contribution in [3.05, 3.63) is 17.8 Å². The van der Waals surface area contributed by atoms with E-state index in [0.29, 0.717) is 17.2 Å². The molecule has 0 saturated carbocycles.